The van der Waals surface area contributed by atoms with Crippen molar-refractivity contribution in [2.75, 3.05) is 11.9 Å². The van der Waals surface area contributed by atoms with Crippen molar-refractivity contribution < 1.29 is 24.2 Å². The van der Waals surface area contributed by atoms with Crippen molar-refractivity contribution in [1.29, 1.82) is 0 Å². The van der Waals surface area contributed by atoms with Crippen LogP contribution in [0.2, 0.25) is 0 Å². The first-order valence-electron chi connectivity index (χ1n) is 10.9. The first kappa shape index (κ1) is 22.8. The first-order chi connectivity index (χ1) is 15.1. The summed E-state index contributed by atoms with van der Waals surface area (Å²) >= 11 is 3.67. The number of carbonyl (C=O) groups is 2. The third-order valence-corrected chi connectivity index (χ3v) is 6.83. The minimum Gasteiger partial charge on any atom is -0.493 e. The zero-order valence-electron chi connectivity index (χ0n) is 18.8. The zero-order chi connectivity index (χ0) is 23.2. The van der Waals surface area contributed by atoms with Gasteiger partial charge in [-0.2, -0.15) is 0 Å². The van der Waals surface area contributed by atoms with E-state index in [9.17, 15) is 14.7 Å². The summed E-state index contributed by atoms with van der Waals surface area (Å²) in [6, 6.07) is 6.03. The van der Waals surface area contributed by atoms with Crippen LogP contribution in [0.25, 0.3) is 11.1 Å². The highest BCUT2D eigenvalue weighted by Crippen LogP contribution is 2.47. The number of ether oxygens (including phenoxy) is 2. The minimum atomic E-state index is -1.17. The summed E-state index contributed by atoms with van der Waals surface area (Å²) in [6.45, 7) is 8.19. The topological polar surface area (TPSA) is 84.9 Å². The fourth-order valence-electron chi connectivity index (χ4n) is 4.51. The molecule has 0 saturated carbocycles. The fraction of sp³-hybridized carbons (Fsp3) is 0.440. The van der Waals surface area contributed by atoms with Crippen LogP contribution in [0.1, 0.15) is 62.0 Å². The predicted molar refractivity (Wildman–Crippen MR) is 126 cm³/mol. The van der Waals surface area contributed by atoms with E-state index in [4.69, 9.17) is 9.47 Å². The van der Waals surface area contributed by atoms with Gasteiger partial charge in [-0.05, 0) is 103 Å². The third kappa shape index (κ3) is 4.28. The Balaban J connectivity index is 2.01. The van der Waals surface area contributed by atoms with E-state index in [-0.39, 0.29) is 5.91 Å². The maximum Gasteiger partial charge on any atom is 0.337 e. The Morgan fingerprint density at radius 1 is 1.25 bits per heavy atom. The second-order valence-electron chi connectivity index (χ2n) is 9.35. The minimum absolute atomic E-state index is 0.0779. The Kier molecular flexibility index (Phi) is 6.07. The van der Waals surface area contributed by atoms with E-state index in [1.54, 1.807) is 0 Å². The van der Waals surface area contributed by atoms with Gasteiger partial charge in [-0.3, -0.25) is 4.79 Å². The highest BCUT2D eigenvalue weighted by atomic mass is 79.9. The number of amides is 1. The number of aliphatic carboxylic acids is 1. The second kappa shape index (κ2) is 8.52. The summed E-state index contributed by atoms with van der Waals surface area (Å²) in [7, 11) is 0. The molecular formula is C25H28BrNO5. The molecule has 1 atom stereocenters. The number of halogens is 1. The molecule has 1 amide bonds. The molecule has 2 N–H and O–H groups in total. The molecule has 0 fully saturated rings. The summed E-state index contributed by atoms with van der Waals surface area (Å²) in [4.78, 5) is 24.7. The van der Waals surface area contributed by atoms with Crippen molar-refractivity contribution in [3.63, 3.8) is 0 Å². The van der Waals surface area contributed by atoms with Crippen LogP contribution in [0.15, 0.2) is 22.7 Å². The lowest BCUT2D eigenvalue weighted by atomic mass is 9.83. The van der Waals surface area contributed by atoms with Gasteiger partial charge in [-0.15, -0.1) is 0 Å². The van der Waals surface area contributed by atoms with E-state index < -0.39 is 17.7 Å². The molecule has 1 unspecified atom stereocenters. The highest BCUT2D eigenvalue weighted by molar-refractivity contribution is 9.10. The van der Waals surface area contributed by atoms with Gasteiger partial charge in [-0.1, -0.05) is 6.07 Å². The fourth-order valence-corrected chi connectivity index (χ4v) is 5.05. The molecular weight excluding hydrogens is 474 g/mol. The standard InChI is InChI=1S/C25H28BrNO5/c1-13-19(15-7-9-17-14(12-15)6-5-11-31-17)20(23(24(29)30)32-25(2,3)4)16-8-10-18(28)27-22(16)21(13)26/h7,9,12,23H,5-6,8,10-11H2,1-4H3,(H,27,28)(H,29,30). The Morgan fingerprint density at radius 3 is 2.69 bits per heavy atom. The van der Waals surface area contributed by atoms with Crippen molar-refractivity contribution in [2.45, 2.75) is 65.1 Å². The lowest BCUT2D eigenvalue weighted by molar-refractivity contribution is -0.160. The number of hydrogen-bond acceptors (Lipinski definition) is 4. The summed E-state index contributed by atoms with van der Waals surface area (Å²) < 4.78 is 12.6. The zero-order valence-corrected chi connectivity index (χ0v) is 20.4. The lowest BCUT2D eigenvalue weighted by Crippen LogP contribution is -2.30. The number of benzene rings is 2. The molecule has 2 aromatic rings. The van der Waals surface area contributed by atoms with Crippen LogP contribution in [0.5, 0.6) is 5.75 Å². The van der Waals surface area contributed by atoms with Crippen molar-refractivity contribution in [2.24, 2.45) is 0 Å². The number of nitrogens with one attached hydrogen (secondary N) is 1. The van der Waals surface area contributed by atoms with Crippen molar-refractivity contribution in [3.05, 3.63) is 44.9 Å². The Labute approximate surface area is 196 Å². The lowest BCUT2D eigenvalue weighted by Gasteiger charge is -2.32. The van der Waals surface area contributed by atoms with Gasteiger partial charge in [-0.25, -0.2) is 4.79 Å². The number of rotatable bonds is 4. The molecule has 2 aromatic carbocycles. The van der Waals surface area contributed by atoms with E-state index >= 15 is 0 Å². The monoisotopic (exact) mass is 501 g/mol. The van der Waals surface area contributed by atoms with Crippen molar-refractivity contribution in [3.8, 4) is 16.9 Å². The normalized spacial score (nSPS) is 16.5. The quantitative estimate of drug-likeness (QED) is 0.571. The largest absolute Gasteiger partial charge is 0.493 e. The average molecular weight is 502 g/mol. The maximum atomic E-state index is 12.5. The van der Waals surface area contributed by atoms with Crippen LogP contribution in [0.4, 0.5) is 5.69 Å². The van der Waals surface area contributed by atoms with Crippen LogP contribution >= 0.6 is 15.9 Å². The SMILES string of the molecule is Cc1c(Br)c2c(c(C(OC(C)(C)C)C(=O)O)c1-c1ccc3c(c1)CCCO3)CCC(=O)N2. The number of hydrogen-bond donors (Lipinski definition) is 2. The summed E-state index contributed by atoms with van der Waals surface area (Å²) in [5.41, 5.74) is 5.12. The molecule has 4 rings (SSSR count). The number of aryl methyl sites for hydroxylation is 1. The summed E-state index contributed by atoms with van der Waals surface area (Å²) in [6.07, 6.45) is 1.45. The molecule has 0 saturated heterocycles. The van der Waals surface area contributed by atoms with Gasteiger partial charge >= 0.3 is 5.97 Å². The van der Waals surface area contributed by atoms with Gasteiger partial charge in [0.2, 0.25) is 5.91 Å². The predicted octanol–water partition coefficient (Wildman–Crippen LogP) is 5.58. The van der Waals surface area contributed by atoms with Gasteiger partial charge in [0, 0.05) is 16.5 Å². The second-order valence-corrected chi connectivity index (χ2v) is 10.1. The van der Waals surface area contributed by atoms with Gasteiger partial charge in [0.15, 0.2) is 6.10 Å². The molecule has 7 heteroatoms. The maximum absolute atomic E-state index is 12.5. The highest BCUT2D eigenvalue weighted by Gasteiger charge is 2.36. The Bertz CT molecular complexity index is 1100. The smallest absolute Gasteiger partial charge is 0.337 e. The summed E-state index contributed by atoms with van der Waals surface area (Å²) in [5.74, 6) is -0.252. The molecule has 0 radical (unpaired) electrons. The van der Waals surface area contributed by atoms with Gasteiger partial charge < -0.3 is 19.9 Å². The molecule has 0 bridgehead atoms. The van der Waals surface area contributed by atoms with Crippen molar-refractivity contribution in [1.82, 2.24) is 0 Å². The van der Waals surface area contributed by atoms with E-state index in [2.05, 4.69) is 27.3 Å². The molecule has 2 heterocycles. The number of carboxylic acids is 1. The molecule has 2 aliphatic heterocycles. The van der Waals surface area contributed by atoms with E-state index in [1.807, 2.05) is 39.8 Å². The number of carboxylic acid groups (broad SMARTS) is 1. The van der Waals surface area contributed by atoms with E-state index in [0.717, 1.165) is 50.9 Å². The van der Waals surface area contributed by atoms with Crippen LogP contribution in [-0.2, 0) is 27.2 Å². The Morgan fingerprint density at radius 2 is 2.00 bits per heavy atom. The summed E-state index contributed by atoms with van der Waals surface area (Å²) in [5, 5.41) is 13.2. The molecule has 170 valence electrons. The van der Waals surface area contributed by atoms with Crippen molar-refractivity contribution >= 4 is 33.5 Å². The van der Waals surface area contributed by atoms with Crippen LogP contribution in [-0.4, -0.2) is 29.2 Å². The van der Waals surface area contributed by atoms with Crippen LogP contribution < -0.4 is 10.1 Å². The van der Waals surface area contributed by atoms with E-state index in [1.165, 1.54) is 0 Å². The van der Waals surface area contributed by atoms with Crippen LogP contribution in [0.3, 0.4) is 0 Å². The van der Waals surface area contributed by atoms with Gasteiger partial charge in [0.1, 0.15) is 5.75 Å². The number of anilines is 1. The van der Waals surface area contributed by atoms with Gasteiger partial charge in [0.05, 0.1) is 17.9 Å². The molecule has 2 aliphatic rings. The Hall–Kier alpha value is -2.38. The number of carbonyl (C=O) groups excluding carboxylic acids is 1. The molecule has 0 aromatic heterocycles. The van der Waals surface area contributed by atoms with Gasteiger partial charge in [0.25, 0.3) is 0 Å². The van der Waals surface area contributed by atoms with Crippen LogP contribution in [0, 0.1) is 6.92 Å². The molecule has 6 nitrogen and oxygen atoms in total. The number of fused-ring (bicyclic) bond motifs is 2. The molecule has 32 heavy (non-hydrogen) atoms. The molecule has 0 spiro atoms. The first-order valence-corrected chi connectivity index (χ1v) is 11.7. The third-order valence-electron chi connectivity index (χ3n) is 5.84. The molecule has 0 aliphatic carbocycles. The van der Waals surface area contributed by atoms with E-state index in [0.29, 0.717) is 30.7 Å². The average Bonchev–Trinajstić information content (AvgIpc) is 2.73.